The summed E-state index contributed by atoms with van der Waals surface area (Å²) < 4.78 is 5.11. The maximum absolute atomic E-state index is 12.6. The number of nitrogens with one attached hydrogen (secondary N) is 2. The molecule has 0 bridgehead atoms. The third kappa shape index (κ3) is 3.71. The molecular formula is C19H26N2O3. The van der Waals surface area contributed by atoms with Gasteiger partial charge in [-0.2, -0.15) is 0 Å². The molecule has 1 aromatic carbocycles. The van der Waals surface area contributed by atoms with Crippen molar-refractivity contribution in [2.24, 2.45) is 5.41 Å². The minimum absolute atomic E-state index is 0.0968. The summed E-state index contributed by atoms with van der Waals surface area (Å²) in [6.45, 7) is 0. The molecular weight excluding hydrogens is 304 g/mol. The molecule has 0 spiro atoms. The molecule has 0 aromatic heterocycles. The maximum Gasteiger partial charge on any atom is 0.240 e. The quantitative estimate of drug-likeness (QED) is 0.643. The van der Waals surface area contributed by atoms with Gasteiger partial charge in [0.2, 0.25) is 11.8 Å². The van der Waals surface area contributed by atoms with Crippen molar-refractivity contribution < 1.29 is 14.3 Å². The summed E-state index contributed by atoms with van der Waals surface area (Å²) in [5, 5.41) is 6.00. The van der Waals surface area contributed by atoms with Crippen LogP contribution in [0.1, 0.15) is 51.4 Å². The molecule has 5 heteroatoms. The number of ether oxygens (including phenoxy) is 1. The number of hydrogen-bond acceptors (Lipinski definition) is 3. The van der Waals surface area contributed by atoms with Gasteiger partial charge in [0, 0.05) is 11.7 Å². The second kappa shape index (κ2) is 7.24. The monoisotopic (exact) mass is 330 g/mol. The van der Waals surface area contributed by atoms with E-state index in [4.69, 9.17) is 4.74 Å². The van der Waals surface area contributed by atoms with Crippen molar-refractivity contribution in [2.75, 3.05) is 12.4 Å². The molecule has 2 amide bonds. The molecule has 0 radical (unpaired) electrons. The lowest BCUT2D eigenvalue weighted by Crippen LogP contribution is -2.44. The van der Waals surface area contributed by atoms with Crippen molar-refractivity contribution in [3.63, 3.8) is 0 Å². The lowest BCUT2D eigenvalue weighted by Gasteiger charge is -2.21. The van der Waals surface area contributed by atoms with Crippen molar-refractivity contribution >= 4 is 17.5 Å². The number of carbonyl (C=O) groups excluding carboxylic acids is 2. The zero-order chi connectivity index (χ0) is 17.0. The molecule has 0 saturated heterocycles. The Balaban J connectivity index is 1.59. The Morgan fingerprint density at radius 3 is 2.17 bits per heavy atom. The minimum atomic E-state index is -0.869. The average molecular weight is 330 g/mol. The summed E-state index contributed by atoms with van der Waals surface area (Å²) in [5.74, 6) is 0.444. The van der Waals surface area contributed by atoms with Gasteiger partial charge in [0.25, 0.3) is 0 Å². The highest BCUT2D eigenvalue weighted by Gasteiger charge is 2.56. The minimum Gasteiger partial charge on any atom is -0.497 e. The Morgan fingerprint density at radius 1 is 1.00 bits per heavy atom. The summed E-state index contributed by atoms with van der Waals surface area (Å²) in [6, 6.07) is 7.39. The molecule has 0 aliphatic heterocycles. The smallest absolute Gasteiger partial charge is 0.240 e. The summed E-state index contributed by atoms with van der Waals surface area (Å²) in [7, 11) is 1.60. The highest BCUT2D eigenvalue weighted by atomic mass is 16.5. The highest BCUT2D eigenvalue weighted by molar-refractivity contribution is 6.13. The number of carbonyl (C=O) groups is 2. The largest absolute Gasteiger partial charge is 0.497 e. The Kier molecular flexibility index (Phi) is 5.07. The van der Waals surface area contributed by atoms with E-state index in [-0.39, 0.29) is 17.9 Å². The van der Waals surface area contributed by atoms with Crippen LogP contribution in [0.2, 0.25) is 0 Å². The lowest BCUT2D eigenvalue weighted by atomic mass is 10.0. The fraction of sp³-hybridized carbons (Fsp3) is 0.579. The van der Waals surface area contributed by atoms with Crippen LogP contribution in [0.5, 0.6) is 5.75 Å². The van der Waals surface area contributed by atoms with E-state index in [2.05, 4.69) is 10.6 Å². The molecule has 2 saturated carbocycles. The fourth-order valence-corrected chi connectivity index (χ4v) is 3.35. The van der Waals surface area contributed by atoms with Gasteiger partial charge in [-0.1, -0.05) is 25.7 Å². The van der Waals surface area contributed by atoms with E-state index in [0.29, 0.717) is 18.5 Å². The molecule has 2 N–H and O–H groups in total. The van der Waals surface area contributed by atoms with Crippen LogP contribution in [0.25, 0.3) is 0 Å². The van der Waals surface area contributed by atoms with Crippen molar-refractivity contribution in [1.82, 2.24) is 5.32 Å². The SMILES string of the molecule is COc1ccc(NC(=O)C2(C(=O)NC3CCCCCC3)CC2)cc1. The van der Waals surface area contributed by atoms with Gasteiger partial charge in [-0.25, -0.2) is 0 Å². The zero-order valence-electron chi connectivity index (χ0n) is 14.3. The number of hydrogen-bond donors (Lipinski definition) is 2. The number of methoxy groups -OCH3 is 1. The van der Waals surface area contributed by atoms with E-state index in [1.165, 1.54) is 12.8 Å². The van der Waals surface area contributed by atoms with Gasteiger partial charge in [-0.3, -0.25) is 9.59 Å². The van der Waals surface area contributed by atoms with E-state index in [9.17, 15) is 9.59 Å². The van der Waals surface area contributed by atoms with Crippen LogP contribution >= 0.6 is 0 Å². The third-order valence-corrected chi connectivity index (χ3v) is 5.16. The van der Waals surface area contributed by atoms with E-state index in [1.54, 1.807) is 31.4 Å². The molecule has 3 rings (SSSR count). The first-order chi connectivity index (χ1) is 11.6. The molecule has 0 heterocycles. The van der Waals surface area contributed by atoms with Gasteiger partial charge >= 0.3 is 0 Å². The molecule has 130 valence electrons. The molecule has 2 fully saturated rings. The molecule has 0 atom stereocenters. The van der Waals surface area contributed by atoms with Gasteiger partial charge in [-0.15, -0.1) is 0 Å². The maximum atomic E-state index is 12.6. The van der Waals surface area contributed by atoms with Gasteiger partial charge in [-0.05, 0) is 49.9 Å². The number of anilines is 1. The highest BCUT2D eigenvalue weighted by Crippen LogP contribution is 2.47. The Labute approximate surface area is 143 Å². The number of rotatable bonds is 5. The van der Waals surface area contributed by atoms with Crippen LogP contribution in [0.3, 0.4) is 0 Å². The Bertz CT molecular complexity index is 585. The molecule has 5 nitrogen and oxygen atoms in total. The first kappa shape index (κ1) is 16.8. The Morgan fingerprint density at radius 2 is 1.62 bits per heavy atom. The first-order valence-electron chi connectivity index (χ1n) is 8.90. The van der Waals surface area contributed by atoms with Gasteiger partial charge in [0.05, 0.1) is 7.11 Å². The van der Waals surface area contributed by atoms with Crippen LogP contribution in [-0.2, 0) is 9.59 Å². The zero-order valence-corrected chi connectivity index (χ0v) is 14.3. The topological polar surface area (TPSA) is 67.4 Å². The second-order valence-corrected chi connectivity index (χ2v) is 6.93. The average Bonchev–Trinajstić information content (AvgIpc) is 3.41. The predicted octanol–water partition coefficient (Wildman–Crippen LogP) is 3.25. The van der Waals surface area contributed by atoms with E-state index in [1.807, 2.05) is 0 Å². The molecule has 2 aliphatic rings. The predicted molar refractivity (Wildman–Crippen MR) is 92.9 cm³/mol. The fourth-order valence-electron chi connectivity index (χ4n) is 3.35. The summed E-state index contributed by atoms with van der Waals surface area (Å²) in [4.78, 5) is 25.2. The lowest BCUT2D eigenvalue weighted by molar-refractivity contribution is -0.134. The van der Waals surface area contributed by atoms with E-state index >= 15 is 0 Å². The van der Waals surface area contributed by atoms with E-state index < -0.39 is 5.41 Å². The van der Waals surface area contributed by atoms with Crippen molar-refractivity contribution in [3.8, 4) is 5.75 Å². The third-order valence-electron chi connectivity index (χ3n) is 5.16. The second-order valence-electron chi connectivity index (χ2n) is 6.93. The summed E-state index contributed by atoms with van der Waals surface area (Å²) >= 11 is 0. The van der Waals surface area contributed by atoms with Crippen LogP contribution in [0, 0.1) is 5.41 Å². The molecule has 2 aliphatic carbocycles. The number of amides is 2. The first-order valence-corrected chi connectivity index (χ1v) is 8.90. The summed E-state index contributed by atoms with van der Waals surface area (Å²) in [6.07, 6.45) is 8.14. The van der Waals surface area contributed by atoms with Crippen molar-refractivity contribution in [1.29, 1.82) is 0 Å². The van der Waals surface area contributed by atoms with Gasteiger partial charge in [0.15, 0.2) is 0 Å². The molecule has 0 unspecified atom stereocenters. The summed E-state index contributed by atoms with van der Waals surface area (Å²) in [5.41, 5.74) is -0.180. The van der Waals surface area contributed by atoms with Crippen LogP contribution in [0.4, 0.5) is 5.69 Å². The van der Waals surface area contributed by atoms with Gasteiger partial charge < -0.3 is 15.4 Å². The van der Waals surface area contributed by atoms with Crippen molar-refractivity contribution in [3.05, 3.63) is 24.3 Å². The van der Waals surface area contributed by atoms with Crippen LogP contribution < -0.4 is 15.4 Å². The molecule has 24 heavy (non-hydrogen) atoms. The standard InChI is InChI=1S/C19H26N2O3/c1-24-16-10-8-15(9-11-16)21-18(23)19(12-13-19)17(22)20-14-6-4-2-3-5-7-14/h8-11,14H,2-7,12-13H2,1H3,(H,20,22)(H,21,23). The van der Waals surface area contributed by atoms with Gasteiger partial charge in [0.1, 0.15) is 11.2 Å². The normalized spacial score (nSPS) is 19.9. The van der Waals surface area contributed by atoms with E-state index in [0.717, 1.165) is 31.4 Å². The molecule has 1 aromatic rings. The van der Waals surface area contributed by atoms with Crippen LogP contribution in [-0.4, -0.2) is 25.0 Å². The Hall–Kier alpha value is -2.04. The van der Waals surface area contributed by atoms with Crippen molar-refractivity contribution in [2.45, 2.75) is 57.4 Å². The van der Waals surface area contributed by atoms with Crippen LogP contribution in [0.15, 0.2) is 24.3 Å². The number of benzene rings is 1.